The number of carbonyl (C=O) groups excluding carboxylic acids is 1. The van der Waals surface area contributed by atoms with Gasteiger partial charge in [-0.05, 0) is 31.2 Å². The van der Waals surface area contributed by atoms with Crippen molar-refractivity contribution in [3.8, 4) is 11.5 Å². The van der Waals surface area contributed by atoms with Crippen LogP contribution in [-0.4, -0.2) is 46.2 Å². The van der Waals surface area contributed by atoms with Crippen molar-refractivity contribution >= 4 is 16.9 Å². The summed E-state index contributed by atoms with van der Waals surface area (Å²) in [4.78, 5) is 18.1. The Morgan fingerprint density at radius 1 is 1.17 bits per heavy atom. The Morgan fingerprint density at radius 2 is 1.87 bits per heavy atom. The van der Waals surface area contributed by atoms with E-state index in [0.29, 0.717) is 18.0 Å². The lowest BCUT2D eigenvalue weighted by Crippen LogP contribution is -2.44. The standard InChI is InChI=1S/C21H20F3N3O3/c1-2-26(11-14-13-29-17-9-5-6-10-18(17)30-14)19(28)12-27-16-8-4-3-7-15(16)25-20(27)21(22,23)24/h3-10,14H,2,11-13H2,1H3. The smallest absolute Gasteiger partial charge is 0.449 e. The van der Waals surface area contributed by atoms with E-state index >= 15 is 0 Å². The predicted octanol–water partition coefficient (Wildman–Crippen LogP) is 3.74. The van der Waals surface area contributed by atoms with E-state index in [-0.39, 0.29) is 24.2 Å². The van der Waals surface area contributed by atoms with Crippen LogP contribution in [0.1, 0.15) is 12.7 Å². The zero-order valence-electron chi connectivity index (χ0n) is 16.2. The van der Waals surface area contributed by atoms with Gasteiger partial charge in [0.05, 0.1) is 17.6 Å². The number of nitrogens with zero attached hydrogens (tertiary/aromatic N) is 3. The van der Waals surface area contributed by atoms with Gasteiger partial charge in [0, 0.05) is 6.54 Å². The van der Waals surface area contributed by atoms with Crippen molar-refractivity contribution in [3.05, 3.63) is 54.4 Å². The number of rotatable bonds is 5. The Hall–Kier alpha value is -3.23. The number of hydrogen-bond donors (Lipinski definition) is 0. The maximum absolute atomic E-state index is 13.5. The van der Waals surface area contributed by atoms with Crippen molar-refractivity contribution in [2.45, 2.75) is 25.7 Å². The van der Waals surface area contributed by atoms with Gasteiger partial charge in [-0.15, -0.1) is 0 Å². The molecule has 0 saturated carbocycles. The van der Waals surface area contributed by atoms with Gasteiger partial charge >= 0.3 is 6.18 Å². The van der Waals surface area contributed by atoms with Gasteiger partial charge in [-0.3, -0.25) is 4.79 Å². The Bertz CT molecular complexity index is 1060. The number of ether oxygens (including phenoxy) is 2. The highest BCUT2D eigenvalue weighted by Gasteiger charge is 2.38. The van der Waals surface area contributed by atoms with Crippen LogP contribution in [-0.2, 0) is 17.5 Å². The van der Waals surface area contributed by atoms with E-state index in [1.165, 1.54) is 17.0 Å². The molecule has 1 atom stereocenters. The van der Waals surface area contributed by atoms with Crippen LogP contribution in [0.25, 0.3) is 11.0 Å². The Morgan fingerprint density at radius 3 is 2.60 bits per heavy atom. The van der Waals surface area contributed by atoms with E-state index in [4.69, 9.17) is 9.47 Å². The Balaban J connectivity index is 1.53. The molecule has 1 amide bonds. The quantitative estimate of drug-likeness (QED) is 0.632. The van der Waals surface area contributed by atoms with E-state index < -0.39 is 30.6 Å². The highest BCUT2D eigenvalue weighted by molar-refractivity contribution is 5.81. The second-order valence-corrected chi connectivity index (χ2v) is 6.94. The van der Waals surface area contributed by atoms with Gasteiger partial charge in [0.2, 0.25) is 11.7 Å². The molecule has 1 aliphatic heterocycles. The molecule has 9 heteroatoms. The number of likely N-dealkylation sites (N-methyl/N-ethyl adjacent to an activating group) is 1. The summed E-state index contributed by atoms with van der Waals surface area (Å²) in [6.45, 7) is 2.09. The van der Waals surface area contributed by atoms with E-state index in [0.717, 1.165) is 4.57 Å². The lowest BCUT2D eigenvalue weighted by molar-refractivity contribution is -0.148. The van der Waals surface area contributed by atoms with Crippen LogP contribution in [0.5, 0.6) is 11.5 Å². The topological polar surface area (TPSA) is 56.6 Å². The molecule has 0 saturated heterocycles. The molecule has 0 spiro atoms. The molecule has 4 rings (SSSR count). The highest BCUT2D eigenvalue weighted by Crippen LogP contribution is 2.32. The maximum atomic E-state index is 13.5. The van der Waals surface area contributed by atoms with Crippen molar-refractivity contribution in [2.24, 2.45) is 0 Å². The summed E-state index contributed by atoms with van der Waals surface area (Å²) in [5.41, 5.74) is 0.460. The zero-order chi connectivity index (χ0) is 21.3. The Labute approximate surface area is 170 Å². The number of hydrogen-bond acceptors (Lipinski definition) is 4. The van der Waals surface area contributed by atoms with Gasteiger partial charge in [-0.2, -0.15) is 13.2 Å². The van der Waals surface area contributed by atoms with Crippen molar-refractivity contribution in [1.82, 2.24) is 14.5 Å². The third-order valence-corrected chi connectivity index (χ3v) is 4.93. The number of imidazole rings is 1. The molecule has 2 heterocycles. The van der Waals surface area contributed by atoms with Crippen molar-refractivity contribution < 1.29 is 27.4 Å². The fraction of sp³-hybridized carbons (Fsp3) is 0.333. The van der Waals surface area contributed by atoms with Gasteiger partial charge in [0.25, 0.3) is 0 Å². The van der Waals surface area contributed by atoms with Gasteiger partial charge in [-0.25, -0.2) is 4.98 Å². The van der Waals surface area contributed by atoms with Gasteiger partial charge < -0.3 is 18.9 Å². The number of para-hydroxylation sites is 4. The second-order valence-electron chi connectivity index (χ2n) is 6.94. The Kier molecular flexibility index (Phi) is 5.27. The number of alkyl halides is 3. The predicted molar refractivity (Wildman–Crippen MR) is 103 cm³/mol. The fourth-order valence-corrected chi connectivity index (χ4v) is 3.49. The number of fused-ring (bicyclic) bond motifs is 2. The minimum atomic E-state index is -4.67. The van der Waals surface area contributed by atoms with Crippen molar-refractivity contribution in [1.29, 1.82) is 0 Å². The van der Waals surface area contributed by atoms with Crippen LogP contribution in [0.2, 0.25) is 0 Å². The minimum absolute atomic E-state index is 0.196. The summed E-state index contributed by atoms with van der Waals surface area (Å²) in [6.07, 6.45) is -5.08. The van der Waals surface area contributed by atoms with E-state index in [9.17, 15) is 18.0 Å². The molecule has 0 bridgehead atoms. The average molecular weight is 419 g/mol. The van der Waals surface area contributed by atoms with Crippen LogP contribution < -0.4 is 9.47 Å². The number of aromatic nitrogens is 2. The highest BCUT2D eigenvalue weighted by atomic mass is 19.4. The minimum Gasteiger partial charge on any atom is -0.486 e. The van der Waals surface area contributed by atoms with Crippen LogP contribution in [0.3, 0.4) is 0 Å². The van der Waals surface area contributed by atoms with E-state index in [1.54, 1.807) is 31.2 Å². The lowest BCUT2D eigenvalue weighted by Gasteiger charge is -2.31. The molecule has 0 N–H and O–H groups in total. The number of benzene rings is 2. The van der Waals surface area contributed by atoms with Gasteiger partial charge in [0.15, 0.2) is 17.6 Å². The molecular weight excluding hydrogens is 399 g/mol. The molecule has 1 aliphatic rings. The zero-order valence-corrected chi connectivity index (χ0v) is 16.2. The van der Waals surface area contributed by atoms with Crippen LogP contribution in [0, 0.1) is 0 Å². The third-order valence-electron chi connectivity index (χ3n) is 4.93. The van der Waals surface area contributed by atoms with Gasteiger partial charge in [0.1, 0.15) is 13.2 Å². The third kappa shape index (κ3) is 3.92. The first kappa shape index (κ1) is 20.1. The molecule has 30 heavy (non-hydrogen) atoms. The second kappa shape index (κ2) is 7.89. The van der Waals surface area contributed by atoms with Gasteiger partial charge in [-0.1, -0.05) is 24.3 Å². The summed E-state index contributed by atoms with van der Waals surface area (Å²) in [5.74, 6) is -0.326. The van der Waals surface area contributed by atoms with E-state index in [1.807, 2.05) is 12.1 Å². The van der Waals surface area contributed by atoms with Crippen molar-refractivity contribution in [3.63, 3.8) is 0 Å². The molecule has 0 fully saturated rings. The number of carbonyl (C=O) groups is 1. The fourth-order valence-electron chi connectivity index (χ4n) is 3.49. The first-order chi connectivity index (χ1) is 14.4. The van der Waals surface area contributed by atoms with Crippen LogP contribution >= 0.6 is 0 Å². The number of halogens is 3. The van der Waals surface area contributed by atoms with Crippen LogP contribution in [0.4, 0.5) is 13.2 Å². The molecule has 2 aromatic carbocycles. The normalized spacial score (nSPS) is 15.9. The summed E-state index contributed by atoms with van der Waals surface area (Å²) >= 11 is 0. The van der Waals surface area contributed by atoms with Crippen LogP contribution in [0.15, 0.2) is 48.5 Å². The molecular formula is C21H20F3N3O3. The molecule has 0 radical (unpaired) electrons. The maximum Gasteiger partial charge on any atom is 0.449 e. The number of amides is 1. The molecule has 1 aromatic heterocycles. The molecule has 6 nitrogen and oxygen atoms in total. The average Bonchev–Trinajstić information content (AvgIpc) is 3.11. The van der Waals surface area contributed by atoms with E-state index in [2.05, 4.69) is 4.98 Å². The van der Waals surface area contributed by atoms with Crippen molar-refractivity contribution in [2.75, 3.05) is 19.7 Å². The SMILES string of the molecule is CCN(CC1COc2ccccc2O1)C(=O)Cn1c(C(F)(F)F)nc2ccccc21. The first-order valence-electron chi connectivity index (χ1n) is 9.55. The summed E-state index contributed by atoms with van der Waals surface area (Å²) in [7, 11) is 0. The first-order valence-corrected chi connectivity index (χ1v) is 9.55. The molecule has 158 valence electrons. The monoisotopic (exact) mass is 419 g/mol. The summed E-state index contributed by atoms with van der Waals surface area (Å²) in [5, 5.41) is 0. The lowest BCUT2D eigenvalue weighted by atomic mass is 10.2. The molecule has 0 aliphatic carbocycles. The molecule has 1 unspecified atom stereocenters. The molecule has 3 aromatic rings. The summed E-state index contributed by atoms with van der Waals surface area (Å²) in [6, 6.07) is 13.5. The summed E-state index contributed by atoms with van der Waals surface area (Å²) < 4.78 is 52.9. The largest absolute Gasteiger partial charge is 0.486 e.